The lowest BCUT2D eigenvalue weighted by Crippen LogP contribution is -2.44. The maximum Gasteiger partial charge on any atom is 0.191 e. The first-order valence-corrected chi connectivity index (χ1v) is 9.32. The van der Waals surface area contributed by atoms with Crippen molar-refractivity contribution in [3.63, 3.8) is 0 Å². The number of H-pyrrole nitrogens is 1. The zero-order chi connectivity index (χ0) is 16.1. The Morgan fingerprint density at radius 2 is 2.22 bits per heavy atom. The second kappa shape index (κ2) is 7.30. The molecule has 1 unspecified atom stereocenters. The molecule has 124 valence electrons. The molecular weight excluding hydrogens is 304 g/mol. The van der Waals surface area contributed by atoms with Gasteiger partial charge < -0.3 is 15.6 Å². The number of benzene rings is 1. The number of hydrogen-bond acceptors (Lipinski definition) is 2. The maximum absolute atomic E-state index is 4.34. The number of aromatic nitrogens is 1. The molecule has 0 aliphatic carbocycles. The highest BCUT2D eigenvalue weighted by atomic mass is 32.2. The minimum atomic E-state index is 0.356. The standard InChI is InChI=1S/C18H26N4S/c1-18(9-5-11-23-18)13-22-17(19-2)20-10-8-14-12-21-16-7-4-3-6-15(14)16/h3-4,6-7,12,21H,5,8-11,13H2,1-2H3,(H2,19,20,22). The minimum absolute atomic E-state index is 0.356. The molecule has 0 bridgehead atoms. The van der Waals surface area contributed by atoms with E-state index in [0.29, 0.717) is 4.75 Å². The number of nitrogens with one attached hydrogen (secondary N) is 3. The average molecular weight is 331 g/mol. The molecule has 1 fully saturated rings. The molecule has 23 heavy (non-hydrogen) atoms. The van der Waals surface area contributed by atoms with Crippen molar-refractivity contribution in [3.8, 4) is 0 Å². The molecule has 1 aliphatic rings. The third-order valence-corrected chi connectivity index (χ3v) is 6.05. The number of fused-ring (bicyclic) bond motifs is 1. The third kappa shape index (κ3) is 4.02. The van der Waals surface area contributed by atoms with Gasteiger partial charge >= 0.3 is 0 Å². The Balaban J connectivity index is 1.48. The van der Waals surface area contributed by atoms with E-state index in [1.807, 2.05) is 7.05 Å². The predicted octanol–water partition coefficient (Wildman–Crippen LogP) is 3.16. The topological polar surface area (TPSA) is 52.2 Å². The van der Waals surface area contributed by atoms with Crippen LogP contribution in [0.2, 0.25) is 0 Å². The smallest absolute Gasteiger partial charge is 0.191 e. The maximum atomic E-state index is 4.34. The van der Waals surface area contributed by atoms with E-state index in [9.17, 15) is 0 Å². The Bertz CT molecular complexity index is 670. The van der Waals surface area contributed by atoms with Crippen LogP contribution in [0.4, 0.5) is 0 Å². The number of guanidine groups is 1. The van der Waals surface area contributed by atoms with E-state index in [-0.39, 0.29) is 0 Å². The van der Waals surface area contributed by atoms with Gasteiger partial charge in [-0.15, -0.1) is 0 Å². The van der Waals surface area contributed by atoms with Gasteiger partial charge in [0.25, 0.3) is 0 Å². The number of para-hydroxylation sites is 1. The molecule has 5 heteroatoms. The van der Waals surface area contributed by atoms with E-state index in [1.165, 1.54) is 35.1 Å². The molecular formula is C18H26N4S. The molecule has 2 aromatic rings. The van der Waals surface area contributed by atoms with Crippen LogP contribution < -0.4 is 10.6 Å². The van der Waals surface area contributed by atoms with Crippen LogP contribution in [0.25, 0.3) is 10.9 Å². The first-order chi connectivity index (χ1) is 11.2. The van der Waals surface area contributed by atoms with Crippen molar-refractivity contribution in [1.82, 2.24) is 15.6 Å². The Morgan fingerprint density at radius 3 is 3.00 bits per heavy atom. The number of aliphatic imine (C=N–C) groups is 1. The number of aromatic amines is 1. The Morgan fingerprint density at radius 1 is 1.35 bits per heavy atom. The van der Waals surface area contributed by atoms with E-state index >= 15 is 0 Å². The van der Waals surface area contributed by atoms with Crippen molar-refractivity contribution in [2.45, 2.75) is 30.9 Å². The van der Waals surface area contributed by atoms with Crippen LogP contribution in [0, 0.1) is 0 Å². The van der Waals surface area contributed by atoms with Gasteiger partial charge in [0.2, 0.25) is 0 Å². The number of thioether (sulfide) groups is 1. The van der Waals surface area contributed by atoms with Crippen LogP contribution in [0.15, 0.2) is 35.5 Å². The van der Waals surface area contributed by atoms with Gasteiger partial charge in [0.05, 0.1) is 0 Å². The second-order valence-corrected chi connectivity index (χ2v) is 8.05. The second-order valence-electron chi connectivity index (χ2n) is 6.36. The van der Waals surface area contributed by atoms with Crippen LogP contribution in [-0.2, 0) is 6.42 Å². The van der Waals surface area contributed by atoms with E-state index in [0.717, 1.165) is 25.5 Å². The van der Waals surface area contributed by atoms with E-state index in [1.54, 1.807) is 0 Å². The highest BCUT2D eigenvalue weighted by molar-refractivity contribution is 8.00. The Hall–Kier alpha value is -1.62. The zero-order valence-corrected chi connectivity index (χ0v) is 14.8. The lowest BCUT2D eigenvalue weighted by atomic mass is 10.1. The molecule has 4 nitrogen and oxygen atoms in total. The average Bonchev–Trinajstić information content (AvgIpc) is 3.18. The molecule has 1 atom stereocenters. The summed E-state index contributed by atoms with van der Waals surface area (Å²) in [7, 11) is 1.84. The van der Waals surface area contributed by atoms with Crippen molar-refractivity contribution in [2.24, 2.45) is 4.99 Å². The summed E-state index contributed by atoms with van der Waals surface area (Å²) in [6.45, 7) is 4.20. The van der Waals surface area contributed by atoms with E-state index in [4.69, 9.17) is 0 Å². The third-order valence-electron chi connectivity index (χ3n) is 4.52. The van der Waals surface area contributed by atoms with Gasteiger partial charge in [-0.25, -0.2) is 0 Å². The largest absolute Gasteiger partial charge is 0.361 e. The predicted molar refractivity (Wildman–Crippen MR) is 101 cm³/mol. The highest BCUT2D eigenvalue weighted by Gasteiger charge is 2.29. The van der Waals surface area contributed by atoms with Crippen LogP contribution in [-0.4, -0.2) is 41.6 Å². The number of hydrogen-bond donors (Lipinski definition) is 3. The van der Waals surface area contributed by atoms with Crippen LogP contribution in [0.1, 0.15) is 25.3 Å². The van der Waals surface area contributed by atoms with Crippen molar-refractivity contribution < 1.29 is 0 Å². The summed E-state index contributed by atoms with van der Waals surface area (Å²) in [6.07, 6.45) is 5.71. The van der Waals surface area contributed by atoms with Gasteiger partial charge in [0.15, 0.2) is 5.96 Å². The Kier molecular flexibility index (Phi) is 5.16. The zero-order valence-electron chi connectivity index (χ0n) is 14.0. The molecule has 3 rings (SSSR count). The molecule has 3 N–H and O–H groups in total. The summed E-state index contributed by atoms with van der Waals surface area (Å²) in [5.74, 6) is 2.18. The molecule has 0 amide bonds. The van der Waals surface area contributed by atoms with Crippen molar-refractivity contribution in [3.05, 3.63) is 36.0 Å². The van der Waals surface area contributed by atoms with Gasteiger partial charge in [-0.3, -0.25) is 4.99 Å². The molecule has 1 aliphatic heterocycles. The molecule has 2 heterocycles. The molecule has 0 radical (unpaired) electrons. The highest BCUT2D eigenvalue weighted by Crippen LogP contribution is 2.36. The fraction of sp³-hybridized carbons (Fsp3) is 0.500. The number of rotatable bonds is 5. The first kappa shape index (κ1) is 16.2. The van der Waals surface area contributed by atoms with Crippen molar-refractivity contribution in [1.29, 1.82) is 0 Å². The van der Waals surface area contributed by atoms with Crippen molar-refractivity contribution in [2.75, 3.05) is 25.9 Å². The van der Waals surface area contributed by atoms with Gasteiger partial charge in [-0.05, 0) is 43.6 Å². The summed E-state index contributed by atoms with van der Waals surface area (Å²) in [5.41, 5.74) is 2.55. The summed E-state index contributed by atoms with van der Waals surface area (Å²) >= 11 is 2.07. The van der Waals surface area contributed by atoms with Crippen molar-refractivity contribution >= 4 is 28.6 Å². The van der Waals surface area contributed by atoms with Crippen LogP contribution in [0.3, 0.4) is 0 Å². The fourth-order valence-electron chi connectivity index (χ4n) is 3.12. The van der Waals surface area contributed by atoms with Gasteiger partial charge in [0.1, 0.15) is 0 Å². The SMILES string of the molecule is CN=C(NCCc1c[nH]c2ccccc12)NCC1(C)CCCS1. The molecule has 1 saturated heterocycles. The van der Waals surface area contributed by atoms with Gasteiger partial charge in [-0.1, -0.05) is 18.2 Å². The minimum Gasteiger partial charge on any atom is -0.361 e. The Labute approximate surface area is 142 Å². The summed E-state index contributed by atoms with van der Waals surface area (Å²) in [4.78, 5) is 7.67. The summed E-state index contributed by atoms with van der Waals surface area (Å²) in [5, 5.41) is 8.22. The molecule has 1 aromatic carbocycles. The van der Waals surface area contributed by atoms with E-state index < -0.39 is 0 Å². The fourth-order valence-corrected chi connectivity index (χ4v) is 4.37. The van der Waals surface area contributed by atoms with E-state index in [2.05, 4.69) is 69.8 Å². The normalized spacial score (nSPS) is 21.7. The monoisotopic (exact) mass is 330 g/mol. The molecule has 1 aromatic heterocycles. The molecule has 0 spiro atoms. The summed E-state index contributed by atoms with van der Waals surface area (Å²) < 4.78 is 0.356. The molecule has 0 saturated carbocycles. The number of nitrogens with zero attached hydrogens (tertiary/aromatic N) is 1. The van der Waals surface area contributed by atoms with Gasteiger partial charge in [0, 0.05) is 42.0 Å². The van der Waals surface area contributed by atoms with Crippen LogP contribution in [0.5, 0.6) is 0 Å². The lowest BCUT2D eigenvalue weighted by Gasteiger charge is -2.24. The van der Waals surface area contributed by atoms with Crippen LogP contribution >= 0.6 is 11.8 Å². The summed E-state index contributed by atoms with van der Waals surface area (Å²) in [6, 6.07) is 8.45. The van der Waals surface area contributed by atoms with Gasteiger partial charge in [-0.2, -0.15) is 11.8 Å². The quantitative estimate of drug-likeness (QED) is 0.583. The first-order valence-electron chi connectivity index (χ1n) is 8.34. The lowest BCUT2D eigenvalue weighted by molar-refractivity contribution is 0.584.